The van der Waals surface area contributed by atoms with Gasteiger partial charge in [-0.15, -0.1) is 11.8 Å². The quantitative estimate of drug-likeness (QED) is 0.439. The van der Waals surface area contributed by atoms with E-state index in [0.29, 0.717) is 65.6 Å². The molecule has 0 saturated carbocycles. The molecule has 1 aromatic heterocycles. The first kappa shape index (κ1) is 26.4. The summed E-state index contributed by atoms with van der Waals surface area (Å²) in [6.07, 6.45) is 1.89. The summed E-state index contributed by atoms with van der Waals surface area (Å²) in [5, 5.41) is 28.4. The minimum absolute atomic E-state index is 0.0195. The fourth-order valence-electron chi connectivity index (χ4n) is 3.97. The van der Waals surface area contributed by atoms with Crippen LogP contribution in [0, 0.1) is 22.7 Å². The van der Waals surface area contributed by atoms with E-state index in [9.17, 15) is 23.7 Å². The highest BCUT2D eigenvalue weighted by Gasteiger charge is 2.27. The van der Waals surface area contributed by atoms with E-state index in [1.807, 2.05) is 11.8 Å². The number of amides is 1. The van der Waals surface area contributed by atoms with Gasteiger partial charge in [0.05, 0.1) is 22.6 Å². The fraction of sp³-hybridized carbons (Fsp3) is 0.391. The molecule has 0 spiro atoms. The van der Waals surface area contributed by atoms with Gasteiger partial charge < -0.3 is 16.0 Å². The van der Waals surface area contributed by atoms with Crippen molar-refractivity contribution in [3.8, 4) is 12.1 Å². The molecule has 0 aliphatic carbocycles. The molecule has 1 amide bonds. The van der Waals surface area contributed by atoms with E-state index in [1.54, 1.807) is 12.1 Å². The van der Waals surface area contributed by atoms with Gasteiger partial charge in [-0.1, -0.05) is 19.1 Å². The number of pyridine rings is 1. The first-order valence-electron chi connectivity index (χ1n) is 11.1. The van der Waals surface area contributed by atoms with Crippen molar-refractivity contribution in [3.05, 3.63) is 46.5 Å². The number of carbonyl (C=O) groups excluding carboxylic acids is 1. The number of nitrogens with two attached hydrogens (primary N) is 2. The number of thioether (sulfide) groups is 1. The number of nitriles is 2. The zero-order chi connectivity index (χ0) is 25.6. The molecule has 2 heterocycles. The lowest BCUT2D eigenvalue weighted by molar-refractivity contribution is -0.120. The Kier molecular flexibility index (Phi) is 8.70. The van der Waals surface area contributed by atoms with Crippen LogP contribution >= 0.6 is 11.8 Å². The van der Waals surface area contributed by atoms with Crippen LogP contribution in [0.15, 0.2) is 34.2 Å². The molecule has 184 valence electrons. The van der Waals surface area contributed by atoms with Crippen LogP contribution in [-0.2, 0) is 27.0 Å². The number of primary sulfonamides is 1. The van der Waals surface area contributed by atoms with Crippen LogP contribution in [0.1, 0.15) is 42.0 Å². The number of nitrogens with zero attached hydrogens (tertiary/aromatic N) is 4. The minimum Gasteiger partial charge on any atom is -0.355 e. The van der Waals surface area contributed by atoms with E-state index in [1.165, 1.54) is 23.9 Å². The molecule has 0 atom stereocenters. The predicted octanol–water partition coefficient (Wildman–Crippen LogP) is 1.37. The van der Waals surface area contributed by atoms with Gasteiger partial charge in [-0.2, -0.15) is 10.5 Å². The van der Waals surface area contributed by atoms with Crippen molar-refractivity contribution in [3.63, 3.8) is 0 Å². The summed E-state index contributed by atoms with van der Waals surface area (Å²) < 4.78 is 23.0. The van der Waals surface area contributed by atoms with Crippen molar-refractivity contribution in [2.24, 2.45) is 10.9 Å². The molecule has 1 saturated heterocycles. The van der Waals surface area contributed by atoms with Gasteiger partial charge in [-0.05, 0) is 42.5 Å². The minimum atomic E-state index is -3.77. The van der Waals surface area contributed by atoms with Gasteiger partial charge >= 0.3 is 0 Å². The molecule has 10 nitrogen and oxygen atoms in total. The van der Waals surface area contributed by atoms with Crippen LogP contribution in [0.3, 0.4) is 0 Å². The maximum absolute atomic E-state index is 11.6. The van der Waals surface area contributed by atoms with Crippen LogP contribution in [0.5, 0.6) is 0 Å². The third-order valence-electron chi connectivity index (χ3n) is 5.80. The zero-order valence-electron chi connectivity index (χ0n) is 19.3. The second kappa shape index (κ2) is 11.5. The number of carbonyl (C=O) groups is 1. The highest BCUT2D eigenvalue weighted by Crippen LogP contribution is 2.34. The van der Waals surface area contributed by atoms with Crippen LogP contribution in [-0.4, -0.2) is 45.0 Å². The molecule has 0 radical (unpaired) electrons. The van der Waals surface area contributed by atoms with Gasteiger partial charge in [-0.25, -0.2) is 18.5 Å². The van der Waals surface area contributed by atoms with Crippen molar-refractivity contribution in [2.75, 3.05) is 24.5 Å². The number of piperidine rings is 1. The lowest BCUT2D eigenvalue weighted by Gasteiger charge is -2.34. The van der Waals surface area contributed by atoms with Crippen molar-refractivity contribution < 1.29 is 13.2 Å². The number of hydrogen-bond donors (Lipinski definition) is 3. The lowest BCUT2D eigenvalue weighted by Crippen LogP contribution is -2.46. The maximum atomic E-state index is 11.6. The second-order valence-corrected chi connectivity index (χ2v) is 10.6. The molecule has 5 N–H and O–H groups in total. The number of hydrogen-bond acceptors (Lipinski definition) is 9. The van der Waals surface area contributed by atoms with E-state index in [2.05, 4.69) is 17.5 Å². The van der Waals surface area contributed by atoms with Crippen LogP contribution in [0.25, 0.3) is 0 Å². The van der Waals surface area contributed by atoms with E-state index in [4.69, 9.17) is 15.9 Å². The number of rotatable bonds is 8. The van der Waals surface area contributed by atoms with Gasteiger partial charge in [0.2, 0.25) is 15.9 Å². The Morgan fingerprint density at radius 2 is 1.83 bits per heavy atom. The molecule has 35 heavy (non-hydrogen) atoms. The highest BCUT2D eigenvalue weighted by atomic mass is 32.2. The van der Waals surface area contributed by atoms with Crippen LogP contribution in [0.2, 0.25) is 0 Å². The highest BCUT2D eigenvalue weighted by molar-refractivity contribution is 7.98. The van der Waals surface area contributed by atoms with Crippen molar-refractivity contribution in [1.82, 2.24) is 10.3 Å². The Hall–Kier alpha value is -3.16. The molecule has 3 rings (SSSR count). The number of nitrogens with one attached hydrogen (secondary N) is 1. The Balaban J connectivity index is 1.87. The van der Waals surface area contributed by atoms with E-state index >= 15 is 0 Å². The van der Waals surface area contributed by atoms with Crippen molar-refractivity contribution in [1.29, 1.82) is 10.5 Å². The molecule has 0 unspecified atom stereocenters. The Bertz CT molecular complexity index is 1270. The molecular formula is C23H27N7O3S2. The summed E-state index contributed by atoms with van der Waals surface area (Å²) >= 11 is 1.36. The third kappa shape index (κ3) is 6.29. The molecule has 1 fully saturated rings. The molecule has 0 bridgehead atoms. The van der Waals surface area contributed by atoms with Gasteiger partial charge in [0.1, 0.15) is 23.0 Å². The average Bonchev–Trinajstić information content (AvgIpc) is 2.86. The molecule has 1 aliphatic heterocycles. The van der Waals surface area contributed by atoms with Gasteiger partial charge in [0, 0.05) is 24.9 Å². The van der Waals surface area contributed by atoms with Crippen LogP contribution in [0.4, 0.5) is 5.82 Å². The predicted molar refractivity (Wildman–Crippen MR) is 133 cm³/mol. The summed E-state index contributed by atoms with van der Waals surface area (Å²) in [7, 11) is -3.77. The maximum Gasteiger partial charge on any atom is 0.238 e. The first-order valence-corrected chi connectivity index (χ1v) is 13.6. The fourth-order valence-corrected chi connectivity index (χ4v) is 5.44. The molecular weight excluding hydrogens is 486 g/mol. The number of anilines is 1. The zero-order valence-corrected chi connectivity index (χ0v) is 21.0. The third-order valence-corrected chi connectivity index (χ3v) is 7.77. The van der Waals surface area contributed by atoms with E-state index in [0.717, 1.165) is 5.56 Å². The summed E-state index contributed by atoms with van der Waals surface area (Å²) in [6.45, 7) is 3.05. The summed E-state index contributed by atoms with van der Waals surface area (Å²) in [6, 6.07) is 10.7. The Morgan fingerprint density at radius 3 is 2.34 bits per heavy atom. The number of sulfonamides is 1. The second-order valence-electron chi connectivity index (χ2n) is 8.06. The number of aromatic nitrogens is 1. The molecule has 12 heteroatoms. The molecule has 2 aromatic rings. The summed E-state index contributed by atoms with van der Waals surface area (Å²) in [5.74, 6) is 0.801. The summed E-state index contributed by atoms with van der Waals surface area (Å²) in [4.78, 5) is 18.4. The lowest BCUT2D eigenvalue weighted by atomic mass is 10.00. The van der Waals surface area contributed by atoms with Crippen LogP contribution < -0.4 is 21.1 Å². The SMILES string of the molecule is CCc1c(C#N)c(SCc2ccc(S(N)(=O)=O)cc2)nc(N2CCC(NC(=O)CN)CC2)c1C#N. The van der Waals surface area contributed by atoms with Gasteiger partial charge in [-0.3, -0.25) is 4.79 Å². The van der Waals surface area contributed by atoms with E-state index in [-0.39, 0.29) is 23.4 Å². The molecule has 1 aliphatic rings. The topological polar surface area (TPSA) is 179 Å². The average molecular weight is 514 g/mol. The van der Waals surface area contributed by atoms with Crippen molar-refractivity contribution in [2.45, 2.75) is 47.9 Å². The largest absolute Gasteiger partial charge is 0.355 e. The Labute approximate surface area is 209 Å². The smallest absolute Gasteiger partial charge is 0.238 e. The normalized spacial score (nSPS) is 14.3. The van der Waals surface area contributed by atoms with Gasteiger partial charge in [0.25, 0.3) is 0 Å². The van der Waals surface area contributed by atoms with Crippen molar-refractivity contribution >= 4 is 33.5 Å². The molecule has 1 aromatic carbocycles. The Morgan fingerprint density at radius 1 is 1.20 bits per heavy atom. The van der Waals surface area contributed by atoms with Gasteiger partial charge in [0.15, 0.2) is 0 Å². The number of benzene rings is 1. The summed E-state index contributed by atoms with van der Waals surface area (Å²) in [5.41, 5.74) is 7.67. The van der Waals surface area contributed by atoms with E-state index < -0.39 is 10.0 Å². The monoisotopic (exact) mass is 513 g/mol. The first-order chi connectivity index (χ1) is 16.7. The standard InChI is InChI=1S/C23H27N7O3S2/c1-2-18-19(11-24)22(30-9-7-16(8-10-30)28-21(31)13-26)29-23(20(18)12-25)34-14-15-3-5-17(6-4-15)35(27,32)33/h3-6,16H,2,7-10,13-14,26H2,1H3,(H,28,31)(H2,27,32,33).